The van der Waals surface area contributed by atoms with Crippen LogP contribution in [-0.4, -0.2) is 4.99 Å². The Morgan fingerprint density at radius 1 is 1.10 bits per heavy atom. The summed E-state index contributed by atoms with van der Waals surface area (Å²) in [6, 6.07) is 13.9. The van der Waals surface area contributed by atoms with Crippen molar-refractivity contribution in [1.29, 1.82) is 0 Å². The highest BCUT2D eigenvalue weighted by Crippen LogP contribution is 2.32. The summed E-state index contributed by atoms with van der Waals surface area (Å²) in [6.45, 7) is 6.30. The van der Waals surface area contributed by atoms with E-state index >= 15 is 0 Å². The van der Waals surface area contributed by atoms with Gasteiger partial charge in [-0.2, -0.15) is 0 Å². The molecule has 0 aliphatic carbocycles. The molecule has 0 radical (unpaired) electrons. The summed E-state index contributed by atoms with van der Waals surface area (Å²) in [5.41, 5.74) is 8.84. The molecular formula is C17H19NOS. The largest absolute Gasteiger partial charge is 0.456 e. The number of hydrogen-bond donors (Lipinski definition) is 1. The Balaban J connectivity index is 2.43. The second kappa shape index (κ2) is 6.06. The first kappa shape index (κ1) is 14.5. The normalized spacial score (nSPS) is 10.6. The van der Waals surface area contributed by atoms with E-state index in [0.717, 1.165) is 16.9 Å². The van der Waals surface area contributed by atoms with Gasteiger partial charge in [-0.05, 0) is 36.6 Å². The summed E-state index contributed by atoms with van der Waals surface area (Å²) in [4.78, 5) is 0.353. The Morgan fingerprint density at radius 2 is 1.80 bits per heavy atom. The molecule has 0 aliphatic rings. The molecule has 0 saturated heterocycles. The van der Waals surface area contributed by atoms with Crippen LogP contribution in [0.4, 0.5) is 0 Å². The van der Waals surface area contributed by atoms with Crippen molar-refractivity contribution >= 4 is 17.2 Å². The van der Waals surface area contributed by atoms with E-state index in [1.54, 1.807) is 0 Å². The van der Waals surface area contributed by atoms with Crippen LogP contribution in [0.5, 0.6) is 11.5 Å². The number of thiocarbonyl (C=S) groups is 1. The molecule has 2 aromatic rings. The van der Waals surface area contributed by atoms with Crippen molar-refractivity contribution < 1.29 is 4.74 Å². The quantitative estimate of drug-likeness (QED) is 0.837. The lowest BCUT2D eigenvalue weighted by Gasteiger charge is -2.16. The van der Waals surface area contributed by atoms with E-state index < -0.39 is 0 Å². The van der Waals surface area contributed by atoms with Gasteiger partial charge in [-0.1, -0.05) is 55.9 Å². The van der Waals surface area contributed by atoms with Crippen LogP contribution in [-0.2, 0) is 0 Å². The van der Waals surface area contributed by atoms with Gasteiger partial charge in [0.2, 0.25) is 0 Å². The maximum Gasteiger partial charge on any atom is 0.137 e. The number of ether oxygens (including phenoxy) is 1. The fourth-order valence-corrected chi connectivity index (χ4v) is 2.25. The van der Waals surface area contributed by atoms with Crippen molar-refractivity contribution in [3.8, 4) is 11.5 Å². The Bertz CT molecular complexity index is 635. The van der Waals surface area contributed by atoms with E-state index in [2.05, 4.69) is 19.9 Å². The second-order valence-corrected chi connectivity index (χ2v) is 5.60. The maximum atomic E-state index is 6.05. The molecule has 0 amide bonds. The predicted octanol–water partition coefficient (Wildman–Crippen LogP) is 4.54. The molecule has 2 N–H and O–H groups in total. The molecule has 0 bridgehead atoms. The number of rotatable bonds is 4. The highest BCUT2D eigenvalue weighted by molar-refractivity contribution is 7.80. The molecule has 0 aliphatic heterocycles. The fourth-order valence-electron chi connectivity index (χ4n) is 2.09. The molecule has 0 saturated carbocycles. The molecule has 20 heavy (non-hydrogen) atoms. The Kier molecular flexibility index (Phi) is 4.40. The zero-order chi connectivity index (χ0) is 14.7. The van der Waals surface area contributed by atoms with E-state index in [9.17, 15) is 0 Å². The average molecular weight is 285 g/mol. The van der Waals surface area contributed by atoms with Gasteiger partial charge in [0.15, 0.2) is 0 Å². The Labute approximate surface area is 125 Å². The monoisotopic (exact) mass is 285 g/mol. The SMILES string of the molecule is Cc1ccc(Oc2ccccc2C(C)C)c(C(N)=S)c1. The zero-order valence-electron chi connectivity index (χ0n) is 12.0. The minimum Gasteiger partial charge on any atom is -0.456 e. The van der Waals surface area contributed by atoms with E-state index in [-0.39, 0.29) is 0 Å². The van der Waals surface area contributed by atoms with E-state index in [1.165, 1.54) is 5.56 Å². The van der Waals surface area contributed by atoms with E-state index in [1.807, 2.05) is 43.3 Å². The first-order valence-corrected chi connectivity index (χ1v) is 7.07. The van der Waals surface area contributed by atoms with Gasteiger partial charge in [-0.3, -0.25) is 0 Å². The van der Waals surface area contributed by atoms with Crippen LogP contribution < -0.4 is 10.5 Å². The molecular weight excluding hydrogens is 266 g/mol. The summed E-state index contributed by atoms with van der Waals surface area (Å²) in [5.74, 6) is 1.95. The van der Waals surface area contributed by atoms with Gasteiger partial charge in [0.05, 0.1) is 5.56 Å². The van der Waals surface area contributed by atoms with Crippen LogP contribution in [0.1, 0.15) is 36.5 Å². The van der Waals surface area contributed by atoms with Gasteiger partial charge in [-0.25, -0.2) is 0 Å². The van der Waals surface area contributed by atoms with Gasteiger partial charge in [0.1, 0.15) is 16.5 Å². The first-order valence-electron chi connectivity index (χ1n) is 6.66. The van der Waals surface area contributed by atoms with Crippen molar-refractivity contribution in [2.75, 3.05) is 0 Å². The van der Waals surface area contributed by atoms with Crippen molar-refractivity contribution in [1.82, 2.24) is 0 Å². The van der Waals surface area contributed by atoms with Crippen molar-refractivity contribution in [2.45, 2.75) is 26.7 Å². The van der Waals surface area contributed by atoms with Gasteiger partial charge >= 0.3 is 0 Å². The van der Waals surface area contributed by atoms with Crippen LogP contribution in [0.25, 0.3) is 0 Å². The third-order valence-corrected chi connectivity index (χ3v) is 3.38. The smallest absolute Gasteiger partial charge is 0.137 e. The second-order valence-electron chi connectivity index (χ2n) is 5.16. The lowest BCUT2D eigenvalue weighted by atomic mass is 10.0. The Morgan fingerprint density at radius 3 is 2.45 bits per heavy atom. The summed E-state index contributed by atoms with van der Waals surface area (Å²) < 4.78 is 6.05. The summed E-state index contributed by atoms with van der Waals surface area (Å²) in [6.07, 6.45) is 0. The molecule has 0 fully saturated rings. The number of aryl methyl sites for hydroxylation is 1. The summed E-state index contributed by atoms with van der Waals surface area (Å²) >= 11 is 5.11. The van der Waals surface area contributed by atoms with Crippen LogP contribution >= 0.6 is 12.2 Å². The molecule has 104 valence electrons. The highest BCUT2D eigenvalue weighted by atomic mass is 32.1. The third-order valence-electron chi connectivity index (χ3n) is 3.16. The topological polar surface area (TPSA) is 35.2 Å². The Hall–Kier alpha value is -1.87. The molecule has 2 rings (SSSR count). The number of para-hydroxylation sites is 1. The summed E-state index contributed by atoms with van der Waals surface area (Å²) in [7, 11) is 0. The van der Waals surface area contributed by atoms with Gasteiger partial charge in [0.25, 0.3) is 0 Å². The number of benzene rings is 2. The van der Waals surface area contributed by atoms with Crippen LogP contribution in [0.3, 0.4) is 0 Å². The van der Waals surface area contributed by atoms with Crippen LogP contribution in [0.2, 0.25) is 0 Å². The van der Waals surface area contributed by atoms with Gasteiger partial charge < -0.3 is 10.5 Å². The lowest BCUT2D eigenvalue weighted by Crippen LogP contribution is -2.11. The molecule has 2 aromatic carbocycles. The van der Waals surface area contributed by atoms with Gasteiger partial charge in [0, 0.05) is 0 Å². The average Bonchev–Trinajstić information content (AvgIpc) is 2.41. The first-order chi connectivity index (χ1) is 9.49. The van der Waals surface area contributed by atoms with Crippen molar-refractivity contribution in [3.05, 3.63) is 59.2 Å². The van der Waals surface area contributed by atoms with E-state index in [4.69, 9.17) is 22.7 Å². The predicted molar refractivity (Wildman–Crippen MR) is 87.7 cm³/mol. The molecule has 0 spiro atoms. The minimum atomic E-state index is 0.353. The fraction of sp³-hybridized carbons (Fsp3) is 0.235. The molecule has 0 unspecified atom stereocenters. The summed E-state index contributed by atoms with van der Waals surface area (Å²) in [5, 5.41) is 0. The van der Waals surface area contributed by atoms with Gasteiger partial charge in [-0.15, -0.1) is 0 Å². The molecule has 0 aromatic heterocycles. The molecule has 3 heteroatoms. The van der Waals surface area contributed by atoms with E-state index in [0.29, 0.717) is 16.7 Å². The standard InChI is InChI=1S/C17H19NOS/c1-11(2)13-6-4-5-7-15(13)19-16-9-8-12(3)10-14(16)17(18)20/h4-11H,1-3H3,(H2,18,20). The van der Waals surface area contributed by atoms with Crippen molar-refractivity contribution in [2.24, 2.45) is 5.73 Å². The highest BCUT2D eigenvalue weighted by Gasteiger charge is 2.12. The maximum absolute atomic E-state index is 6.05. The zero-order valence-corrected chi connectivity index (χ0v) is 12.8. The third kappa shape index (κ3) is 3.17. The van der Waals surface area contributed by atoms with Crippen LogP contribution in [0, 0.1) is 6.92 Å². The number of nitrogens with two attached hydrogens (primary N) is 1. The van der Waals surface area contributed by atoms with Crippen LogP contribution in [0.15, 0.2) is 42.5 Å². The molecule has 0 heterocycles. The molecule has 0 atom stereocenters. The lowest BCUT2D eigenvalue weighted by molar-refractivity contribution is 0.472. The van der Waals surface area contributed by atoms with Crippen molar-refractivity contribution in [3.63, 3.8) is 0 Å². The minimum absolute atomic E-state index is 0.353. The number of hydrogen-bond acceptors (Lipinski definition) is 2. The molecule has 2 nitrogen and oxygen atoms in total.